The number of halogens is 2. The fraction of sp³-hybridized carbons (Fsp3) is 0.333. The third-order valence-corrected chi connectivity index (χ3v) is 7.88. The van der Waals surface area contributed by atoms with Crippen LogP contribution in [0.1, 0.15) is 54.6 Å². The number of piperidine rings is 1. The van der Waals surface area contributed by atoms with E-state index in [2.05, 4.69) is 16.5 Å². The van der Waals surface area contributed by atoms with Crippen LogP contribution in [0, 0.1) is 25.5 Å². The molecule has 3 amide bonds. The fourth-order valence-electron chi connectivity index (χ4n) is 6.00. The average molecular weight is 561 g/mol. The first-order chi connectivity index (χ1) is 19.8. The van der Waals surface area contributed by atoms with Crippen molar-refractivity contribution < 1.29 is 22.9 Å². The topological polar surface area (TPSA) is 96.0 Å². The number of aromatic nitrogens is 3. The number of anilines is 1. The summed E-state index contributed by atoms with van der Waals surface area (Å²) in [5.74, 6) is -1.49. The van der Waals surface area contributed by atoms with Crippen LogP contribution >= 0.6 is 0 Å². The number of benzene rings is 1. The molecule has 1 saturated heterocycles. The lowest BCUT2D eigenvalue weighted by atomic mass is 9.94. The molecule has 0 spiro atoms. The Kier molecular flexibility index (Phi) is 6.80. The lowest BCUT2D eigenvalue weighted by Gasteiger charge is -2.36. The zero-order chi connectivity index (χ0) is 28.8. The SMILES string of the molecule is CNC(=O)N1CCC=C(c2c(C3CCCC(=O)N3c3ccc(F)c(F)c3)nc3cc(-c4c(C)noc4C)ccn23)C1. The van der Waals surface area contributed by atoms with Gasteiger partial charge in [0.2, 0.25) is 5.91 Å². The summed E-state index contributed by atoms with van der Waals surface area (Å²) < 4.78 is 35.5. The highest BCUT2D eigenvalue weighted by atomic mass is 19.2. The Morgan fingerprint density at radius 1 is 1.15 bits per heavy atom. The number of carbonyl (C=O) groups is 2. The van der Waals surface area contributed by atoms with Crippen molar-refractivity contribution in [2.24, 2.45) is 0 Å². The minimum absolute atomic E-state index is 0.178. The Balaban J connectivity index is 1.54. The predicted molar refractivity (Wildman–Crippen MR) is 149 cm³/mol. The summed E-state index contributed by atoms with van der Waals surface area (Å²) in [6.07, 6.45) is 6.19. The molecule has 0 aliphatic carbocycles. The van der Waals surface area contributed by atoms with Gasteiger partial charge in [0, 0.05) is 50.1 Å². The third-order valence-electron chi connectivity index (χ3n) is 7.88. The van der Waals surface area contributed by atoms with Gasteiger partial charge in [-0.25, -0.2) is 18.6 Å². The molecule has 1 atom stereocenters. The zero-order valence-corrected chi connectivity index (χ0v) is 23.1. The number of fused-ring (bicyclic) bond motifs is 1. The summed E-state index contributed by atoms with van der Waals surface area (Å²) in [7, 11) is 1.60. The Morgan fingerprint density at radius 2 is 1.98 bits per heavy atom. The first-order valence-electron chi connectivity index (χ1n) is 13.6. The van der Waals surface area contributed by atoms with Crippen molar-refractivity contribution in [1.82, 2.24) is 24.8 Å². The largest absolute Gasteiger partial charge is 0.361 e. The van der Waals surface area contributed by atoms with Gasteiger partial charge < -0.3 is 19.6 Å². The summed E-state index contributed by atoms with van der Waals surface area (Å²) in [4.78, 5) is 34.2. The number of urea groups is 1. The molecule has 0 saturated carbocycles. The number of hydrogen-bond acceptors (Lipinski definition) is 5. The van der Waals surface area contributed by atoms with E-state index in [1.165, 1.54) is 11.0 Å². The first-order valence-corrected chi connectivity index (χ1v) is 13.6. The molecule has 0 radical (unpaired) electrons. The standard InChI is InChI=1S/C30H30F2N6O3/c1-17-27(18(2)41-35-17)19-11-13-37-25(14-19)34-28(29(37)20-6-5-12-36(16-20)30(40)33-3)24-7-4-8-26(39)38(24)21-9-10-22(31)23(32)15-21/h6,9-11,13-15,24H,4-5,7-8,12,16H2,1-3H3,(H,33,40). The first kappa shape index (κ1) is 26.7. The van der Waals surface area contributed by atoms with E-state index in [1.54, 1.807) is 11.9 Å². The van der Waals surface area contributed by atoms with Crippen molar-refractivity contribution in [3.63, 3.8) is 0 Å². The van der Waals surface area contributed by atoms with Crippen molar-refractivity contribution in [1.29, 1.82) is 0 Å². The number of nitrogens with one attached hydrogen (secondary N) is 1. The molecular formula is C30H30F2N6O3. The second-order valence-electron chi connectivity index (χ2n) is 10.5. The monoisotopic (exact) mass is 560 g/mol. The molecule has 4 aromatic rings. The van der Waals surface area contributed by atoms with Crippen LogP contribution in [0.3, 0.4) is 0 Å². The van der Waals surface area contributed by atoms with E-state index in [0.29, 0.717) is 55.9 Å². The molecule has 9 nitrogen and oxygen atoms in total. The fourth-order valence-corrected chi connectivity index (χ4v) is 6.00. The van der Waals surface area contributed by atoms with Gasteiger partial charge in [-0.05, 0) is 68.5 Å². The number of rotatable bonds is 4. The maximum absolute atomic E-state index is 14.3. The van der Waals surface area contributed by atoms with Gasteiger partial charge >= 0.3 is 6.03 Å². The van der Waals surface area contributed by atoms with Crippen LogP contribution in [0.25, 0.3) is 22.3 Å². The highest BCUT2D eigenvalue weighted by molar-refractivity contribution is 5.95. The zero-order valence-electron chi connectivity index (χ0n) is 23.1. The van der Waals surface area contributed by atoms with Crippen LogP contribution in [0.15, 0.2) is 47.1 Å². The van der Waals surface area contributed by atoms with Gasteiger partial charge in [-0.15, -0.1) is 0 Å². The van der Waals surface area contributed by atoms with Gasteiger partial charge in [0.25, 0.3) is 0 Å². The van der Waals surface area contributed by atoms with Crippen LogP contribution in [0.5, 0.6) is 0 Å². The summed E-state index contributed by atoms with van der Waals surface area (Å²) >= 11 is 0. The lowest BCUT2D eigenvalue weighted by Crippen LogP contribution is -2.41. The number of imidazole rings is 1. The van der Waals surface area contributed by atoms with Crippen molar-refractivity contribution in [2.75, 3.05) is 25.0 Å². The molecule has 41 heavy (non-hydrogen) atoms. The highest BCUT2D eigenvalue weighted by Crippen LogP contribution is 2.40. The van der Waals surface area contributed by atoms with Gasteiger partial charge in [0.15, 0.2) is 11.6 Å². The number of nitrogens with zero attached hydrogens (tertiary/aromatic N) is 5. The minimum atomic E-state index is -1.02. The van der Waals surface area contributed by atoms with Crippen LogP contribution in [0.4, 0.5) is 19.3 Å². The third kappa shape index (κ3) is 4.64. The number of aryl methyl sites for hydroxylation is 2. The molecule has 2 aliphatic heterocycles. The number of pyridine rings is 1. The van der Waals surface area contributed by atoms with Gasteiger partial charge in [-0.1, -0.05) is 11.2 Å². The van der Waals surface area contributed by atoms with Crippen LogP contribution in [0.2, 0.25) is 0 Å². The van der Waals surface area contributed by atoms with E-state index < -0.39 is 17.7 Å². The molecule has 11 heteroatoms. The van der Waals surface area contributed by atoms with Crippen molar-refractivity contribution in [2.45, 2.75) is 45.6 Å². The van der Waals surface area contributed by atoms with E-state index >= 15 is 0 Å². The lowest BCUT2D eigenvalue weighted by molar-refractivity contribution is -0.120. The second kappa shape index (κ2) is 10.5. The van der Waals surface area contributed by atoms with Crippen LogP contribution in [-0.2, 0) is 4.79 Å². The van der Waals surface area contributed by atoms with Crippen molar-refractivity contribution >= 4 is 28.8 Å². The maximum atomic E-state index is 14.3. The Morgan fingerprint density at radius 3 is 2.71 bits per heavy atom. The Hall–Kier alpha value is -4.54. The molecule has 2 aliphatic rings. The average Bonchev–Trinajstić information content (AvgIpc) is 3.52. The minimum Gasteiger partial charge on any atom is -0.361 e. The molecule has 3 aromatic heterocycles. The second-order valence-corrected chi connectivity index (χ2v) is 10.5. The number of hydrogen-bond donors (Lipinski definition) is 1. The molecular weight excluding hydrogens is 530 g/mol. The smallest absolute Gasteiger partial charge is 0.317 e. The van der Waals surface area contributed by atoms with E-state index in [9.17, 15) is 18.4 Å². The number of carbonyl (C=O) groups excluding carboxylic acids is 2. The number of amides is 3. The molecule has 0 bridgehead atoms. The van der Waals surface area contributed by atoms with Crippen molar-refractivity contribution in [3.05, 3.63) is 77.1 Å². The van der Waals surface area contributed by atoms with E-state index in [1.807, 2.05) is 36.6 Å². The Labute approximate surface area is 235 Å². The normalized spacial score (nSPS) is 17.7. The highest BCUT2D eigenvalue weighted by Gasteiger charge is 2.36. The summed E-state index contributed by atoms with van der Waals surface area (Å²) in [5.41, 5.74) is 5.79. The van der Waals surface area contributed by atoms with Gasteiger partial charge in [-0.3, -0.25) is 9.20 Å². The molecule has 1 N–H and O–H groups in total. The molecule has 1 unspecified atom stereocenters. The quantitative estimate of drug-likeness (QED) is 0.352. The van der Waals surface area contributed by atoms with Gasteiger partial charge in [0.05, 0.1) is 23.1 Å². The molecule has 1 aromatic carbocycles. The van der Waals surface area contributed by atoms with Crippen LogP contribution < -0.4 is 10.2 Å². The predicted octanol–water partition coefficient (Wildman–Crippen LogP) is 5.57. The maximum Gasteiger partial charge on any atom is 0.317 e. The summed E-state index contributed by atoms with van der Waals surface area (Å²) in [5, 5.41) is 6.78. The summed E-state index contributed by atoms with van der Waals surface area (Å²) in [6.45, 7) is 4.67. The molecule has 212 valence electrons. The molecule has 5 heterocycles. The van der Waals surface area contributed by atoms with Gasteiger partial charge in [0.1, 0.15) is 11.4 Å². The Bertz CT molecular complexity index is 1690. The van der Waals surface area contributed by atoms with Crippen LogP contribution in [-0.4, -0.2) is 51.5 Å². The molecule has 1 fully saturated rings. The molecule has 6 rings (SSSR count). The van der Waals surface area contributed by atoms with E-state index in [4.69, 9.17) is 9.51 Å². The van der Waals surface area contributed by atoms with Crippen molar-refractivity contribution in [3.8, 4) is 11.1 Å². The summed E-state index contributed by atoms with van der Waals surface area (Å²) in [6, 6.07) is 6.74. The van der Waals surface area contributed by atoms with E-state index in [0.717, 1.165) is 40.2 Å². The van der Waals surface area contributed by atoms with E-state index in [-0.39, 0.29) is 17.6 Å². The van der Waals surface area contributed by atoms with Gasteiger partial charge in [-0.2, -0.15) is 0 Å².